The van der Waals surface area contributed by atoms with Crippen molar-refractivity contribution in [3.63, 3.8) is 0 Å². The SMILES string of the molecule is C[NH+](C)C[C@H](NC(=O)c1ccc(C#N)cc1)c1ccccc1. The molecule has 0 radical (unpaired) electrons. The average molecular weight is 294 g/mol. The summed E-state index contributed by atoms with van der Waals surface area (Å²) in [7, 11) is 4.12. The van der Waals surface area contributed by atoms with Gasteiger partial charge in [0.1, 0.15) is 12.6 Å². The highest BCUT2D eigenvalue weighted by Gasteiger charge is 2.18. The molecule has 2 N–H and O–H groups in total. The van der Waals surface area contributed by atoms with Gasteiger partial charge in [0.25, 0.3) is 5.91 Å². The fourth-order valence-electron chi connectivity index (χ4n) is 2.28. The van der Waals surface area contributed by atoms with E-state index in [2.05, 4.69) is 25.5 Å². The molecule has 0 fully saturated rings. The molecule has 1 atom stereocenters. The molecule has 2 aromatic carbocycles. The van der Waals surface area contributed by atoms with Gasteiger partial charge in [0, 0.05) is 5.56 Å². The van der Waals surface area contributed by atoms with Gasteiger partial charge in [-0.3, -0.25) is 4.79 Å². The lowest BCUT2D eigenvalue weighted by molar-refractivity contribution is -0.860. The molecule has 0 heterocycles. The summed E-state index contributed by atoms with van der Waals surface area (Å²) >= 11 is 0. The van der Waals surface area contributed by atoms with Crippen molar-refractivity contribution in [2.24, 2.45) is 0 Å². The van der Waals surface area contributed by atoms with Gasteiger partial charge in [-0.05, 0) is 29.8 Å². The molecule has 2 aromatic rings. The average Bonchev–Trinajstić information content (AvgIpc) is 2.54. The van der Waals surface area contributed by atoms with E-state index in [0.29, 0.717) is 11.1 Å². The van der Waals surface area contributed by atoms with Gasteiger partial charge in [0.15, 0.2) is 0 Å². The van der Waals surface area contributed by atoms with E-state index in [0.717, 1.165) is 12.1 Å². The maximum atomic E-state index is 12.4. The Hall–Kier alpha value is -2.64. The first-order chi connectivity index (χ1) is 10.6. The first-order valence-electron chi connectivity index (χ1n) is 7.25. The van der Waals surface area contributed by atoms with E-state index in [1.807, 2.05) is 30.3 Å². The Morgan fingerprint density at radius 1 is 1.14 bits per heavy atom. The molecule has 0 saturated heterocycles. The second-order valence-electron chi connectivity index (χ2n) is 5.54. The van der Waals surface area contributed by atoms with Crippen LogP contribution in [0.4, 0.5) is 0 Å². The van der Waals surface area contributed by atoms with Crippen molar-refractivity contribution >= 4 is 5.91 Å². The standard InChI is InChI=1S/C18H19N3O/c1-21(2)13-17(15-6-4-3-5-7-15)20-18(22)16-10-8-14(12-19)9-11-16/h3-11,17H,13H2,1-2H3,(H,20,22)/p+1/t17-/m0/s1. The summed E-state index contributed by atoms with van der Waals surface area (Å²) in [5, 5.41) is 11.9. The summed E-state index contributed by atoms with van der Waals surface area (Å²) in [5.41, 5.74) is 2.20. The van der Waals surface area contributed by atoms with Crippen LogP contribution in [0.15, 0.2) is 54.6 Å². The highest BCUT2D eigenvalue weighted by atomic mass is 16.1. The molecule has 0 spiro atoms. The zero-order valence-electron chi connectivity index (χ0n) is 12.8. The molecule has 1 amide bonds. The van der Waals surface area contributed by atoms with Crippen LogP contribution in [-0.4, -0.2) is 26.5 Å². The van der Waals surface area contributed by atoms with Gasteiger partial charge in [-0.25, -0.2) is 0 Å². The molecule has 0 aliphatic rings. The van der Waals surface area contributed by atoms with Crippen LogP contribution in [0.5, 0.6) is 0 Å². The Labute approximate surface area is 131 Å². The van der Waals surface area contributed by atoms with Gasteiger partial charge in [0.05, 0.1) is 25.7 Å². The molecule has 0 bridgehead atoms. The van der Waals surface area contributed by atoms with Crippen LogP contribution in [0.2, 0.25) is 0 Å². The van der Waals surface area contributed by atoms with Crippen molar-refractivity contribution in [1.29, 1.82) is 5.26 Å². The molecular formula is C18H20N3O+. The number of rotatable bonds is 5. The zero-order chi connectivity index (χ0) is 15.9. The van der Waals surface area contributed by atoms with Gasteiger partial charge < -0.3 is 10.2 Å². The molecule has 0 aromatic heterocycles. The molecule has 0 aliphatic carbocycles. The van der Waals surface area contributed by atoms with E-state index in [1.165, 1.54) is 4.90 Å². The third-order valence-corrected chi connectivity index (χ3v) is 3.40. The summed E-state index contributed by atoms with van der Waals surface area (Å²) in [5.74, 6) is -0.125. The van der Waals surface area contributed by atoms with Crippen molar-refractivity contribution in [3.05, 3.63) is 71.3 Å². The third kappa shape index (κ3) is 4.18. The van der Waals surface area contributed by atoms with E-state index in [-0.39, 0.29) is 11.9 Å². The minimum absolute atomic E-state index is 0.0469. The Morgan fingerprint density at radius 3 is 2.32 bits per heavy atom. The van der Waals surface area contributed by atoms with E-state index >= 15 is 0 Å². The van der Waals surface area contributed by atoms with Gasteiger partial charge in [-0.1, -0.05) is 30.3 Å². The highest BCUT2D eigenvalue weighted by molar-refractivity contribution is 5.94. The maximum Gasteiger partial charge on any atom is 0.251 e. The number of nitriles is 1. The minimum Gasteiger partial charge on any atom is -0.340 e. The van der Waals surface area contributed by atoms with E-state index < -0.39 is 0 Å². The molecule has 2 rings (SSSR count). The predicted molar refractivity (Wildman–Crippen MR) is 85.5 cm³/mol. The fourth-order valence-corrected chi connectivity index (χ4v) is 2.28. The summed E-state index contributed by atoms with van der Waals surface area (Å²) in [6.07, 6.45) is 0. The quantitative estimate of drug-likeness (QED) is 0.870. The molecular weight excluding hydrogens is 274 g/mol. The molecule has 4 nitrogen and oxygen atoms in total. The Kier molecular flexibility index (Phi) is 5.29. The fraction of sp³-hybridized carbons (Fsp3) is 0.222. The number of amides is 1. The lowest BCUT2D eigenvalue weighted by Crippen LogP contribution is -3.06. The van der Waals surface area contributed by atoms with Crippen LogP contribution in [0.25, 0.3) is 0 Å². The van der Waals surface area contributed by atoms with Crippen LogP contribution in [0.1, 0.15) is 27.5 Å². The Balaban J connectivity index is 2.15. The Morgan fingerprint density at radius 2 is 1.77 bits per heavy atom. The van der Waals surface area contributed by atoms with Gasteiger partial charge in [0.2, 0.25) is 0 Å². The van der Waals surface area contributed by atoms with Crippen molar-refractivity contribution in [1.82, 2.24) is 5.32 Å². The second-order valence-corrected chi connectivity index (χ2v) is 5.54. The number of carbonyl (C=O) groups is 1. The number of quaternary nitrogens is 1. The Bertz CT molecular complexity index is 657. The lowest BCUT2D eigenvalue weighted by Gasteiger charge is -2.21. The highest BCUT2D eigenvalue weighted by Crippen LogP contribution is 2.12. The summed E-state index contributed by atoms with van der Waals surface area (Å²) in [4.78, 5) is 13.7. The summed E-state index contributed by atoms with van der Waals surface area (Å²) < 4.78 is 0. The lowest BCUT2D eigenvalue weighted by atomic mass is 10.1. The molecule has 0 saturated carbocycles. The zero-order valence-corrected chi connectivity index (χ0v) is 12.8. The number of likely N-dealkylation sites (N-methyl/N-ethyl adjacent to an activating group) is 1. The van der Waals surface area contributed by atoms with Crippen molar-refractivity contribution in [2.45, 2.75) is 6.04 Å². The maximum absolute atomic E-state index is 12.4. The van der Waals surface area contributed by atoms with Crippen LogP contribution in [0, 0.1) is 11.3 Å². The number of hydrogen-bond donors (Lipinski definition) is 2. The van der Waals surface area contributed by atoms with E-state index in [4.69, 9.17) is 5.26 Å². The minimum atomic E-state index is -0.125. The molecule has 0 unspecified atom stereocenters. The normalized spacial score (nSPS) is 11.7. The molecule has 4 heteroatoms. The third-order valence-electron chi connectivity index (χ3n) is 3.40. The first-order valence-corrected chi connectivity index (χ1v) is 7.25. The first kappa shape index (κ1) is 15.7. The molecule has 0 aliphatic heterocycles. The van der Waals surface area contributed by atoms with Crippen LogP contribution >= 0.6 is 0 Å². The number of nitrogens with one attached hydrogen (secondary N) is 2. The monoisotopic (exact) mass is 294 g/mol. The van der Waals surface area contributed by atoms with Crippen LogP contribution in [-0.2, 0) is 0 Å². The van der Waals surface area contributed by atoms with Crippen LogP contribution in [0.3, 0.4) is 0 Å². The largest absolute Gasteiger partial charge is 0.340 e. The van der Waals surface area contributed by atoms with Crippen molar-refractivity contribution in [3.8, 4) is 6.07 Å². The number of nitrogens with zero attached hydrogens (tertiary/aromatic N) is 1. The van der Waals surface area contributed by atoms with E-state index in [9.17, 15) is 4.79 Å². The van der Waals surface area contributed by atoms with Gasteiger partial charge >= 0.3 is 0 Å². The van der Waals surface area contributed by atoms with Gasteiger partial charge in [-0.2, -0.15) is 5.26 Å². The number of carbonyl (C=O) groups excluding carboxylic acids is 1. The smallest absolute Gasteiger partial charge is 0.251 e. The van der Waals surface area contributed by atoms with Crippen molar-refractivity contribution in [2.75, 3.05) is 20.6 Å². The van der Waals surface area contributed by atoms with Crippen LogP contribution < -0.4 is 10.2 Å². The van der Waals surface area contributed by atoms with Gasteiger partial charge in [-0.15, -0.1) is 0 Å². The molecule has 112 valence electrons. The topological polar surface area (TPSA) is 57.3 Å². The second kappa shape index (κ2) is 7.39. The predicted octanol–water partition coefficient (Wildman–Crippen LogP) is 1.17. The molecule has 22 heavy (non-hydrogen) atoms. The van der Waals surface area contributed by atoms with Crippen molar-refractivity contribution < 1.29 is 9.69 Å². The number of hydrogen-bond acceptors (Lipinski definition) is 2. The summed E-state index contributed by atoms with van der Waals surface area (Å²) in [6, 6.07) is 18.6. The summed E-state index contributed by atoms with van der Waals surface area (Å²) in [6.45, 7) is 0.798. The van der Waals surface area contributed by atoms with E-state index in [1.54, 1.807) is 24.3 Å². The number of benzene rings is 2.